The lowest BCUT2D eigenvalue weighted by molar-refractivity contribution is -0.187. The van der Waals surface area contributed by atoms with Crippen molar-refractivity contribution in [1.29, 1.82) is 0 Å². The van der Waals surface area contributed by atoms with E-state index in [1.807, 2.05) is 18.2 Å². The SMILES string of the molecule is CCCCOC1(OC)C=CC(OC)=CC1. The fraction of sp³-hybridized carbons (Fsp3) is 0.667. The highest BCUT2D eigenvalue weighted by Crippen LogP contribution is 2.26. The summed E-state index contributed by atoms with van der Waals surface area (Å²) in [4.78, 5) is 0. The lowest BCUT2D eigenvalue weighted by atomic mass is 10.1. The van der Waals surface area contributed by atoms with E-state index in [1.165, 1.54) is 0 Å². The van der Waals surface area contributed by atoms with E-state index in [0.717, 1.165) is 25.2 Å². The second-order valence-electron chi connectivity index (χ2n) is 3.57. The molecule has 3 nitrogen and oxygen atoms in total. The Bertz CT molecular complexity index is 245. The Kier molecular flexibility index (Phi) is 4.85. The van der Waals surface area contributed by atoms with Crippen LogP contribution in [0.25, 0.3) is 0 Å². The molecule has 0 N–H and O–H groups in total. The maximum atomic E-state index is 5.74. The van der Waals surface area contributed by atoms with Crippen LogP contribution in [0.2, 0.25) is 0 Å². The van der Waals surface area contributed by atoms with Gasteiger partial charge in [-0.25, -0.2) is 0 Å². The van der Waals surface area contributed by atoms with Gasteiger partial charge >= 0.3 is 0 Å². The van der Waals surface area contributed by atoms with Gasteiger partial charge in [-0.15, -0.1) is 0 Å². The lowest BCUT2D eigenvalue weighted by Gasteiger charge is -2.30. The highest BCUT2D eigenvalue weighted by Gasteiger charge is 2.28. The van der Waals surface area contributed by atoms with Gasteiger partial charge in [0.15, 0.2) is 5.79 Å². The van der Waals surface area contributed by atoms with Gasteiger partial charge < -0.3 is 14.2 Å². The summed E-state index contributed by atoms with van der Waals surface area (Å²) < 4.78 is 16.3. The fourth-order valence-electron chi connectivity index (χ4n) is 1.45. The smallest absolute Gasteiger partial charge is 0.191 e. The largest absolute Gasteiger partial charge is 0.497 e. The Morgan fingerprint density at radius 1 is 1.40 bits per heavy atom. The minimum Gasteiger partial charge on any atom is -0.497 e. The van der Waals surface area contributed by atoms with Gasteiger partial charge in [-0.05, 0) is 24.6 Å². The Morgan fingerprint density at radius 3 is 2.67 bits per heavy atom. The van der Waals surface area contributed by atoms with Crippen LogP contribution in [0.1, 0.15) is 26.2 Å². The monoisotopic (exact) mass is 212 g/mol. The van der Waals surface area contributed by atoms with E-state index < -0.39 is 5.79 Å². The first-order valence-electron chi connectivity index (χ1n) is 5.39. The first kappa shape index (κ1) is 12.3. The Balaban J connectivity index is 2.50. The molecule has 1 rings (SSSR count). The molecule has 0 fully saturated rings. The van der Waals surface area contributed by atoms with Crippen LogP contribution in [0.5, 0.6) is 0 Å². The van der Waals surface area contributed by atoms with Gasteiger partial charge in [0.05, 0.1) is 13.7 Å². The molecule has 0 spiro atoms. The highest BCUT2D eigenvalue weighted by molar-refractivity contribution is 5.21. The normalized spacial score (nSPS) is 25.1. The predicted octanol–water partition coefficient (Wildman–Crippen LogP) is 2.64. The zero-order valence-electron chi connectivity index (χ0n) is 9.79. The lowest BCUT2D eigenvalue weighted by Crippen LogP contribution is -2.34. The molecule has 1 aliphatic carbocycles. The summed E-state index contributed by atoms with van der Waals surface area (Å²) in [5, 5.41) is 0. The highest BCUT2D eigenvalue weighted by atomic mass is 16.7. The summed E-state index contributed by atoms with van der Waals surface area (Å²) >= 11 is 0. The van der Waals surface area contributed by atoms with E-state index in [2.05, 4.69) is 6.92 Å². The minimum atomic E-state index is -0.586. The van der Waals surface area contributed by atoms with Gasteiger partial charge in [-0.1, -0.05) is 13.3 Å². The molecule has 0 bridgehead atoms. The summed E-state index contributed by atoms with van der Waals surface area (Å²) in [6.45, 7) is 2.87. The van der Waals surface area contributed by atoms with Crippen molar-refractivity contribution in [1.82, 2.24) is 0 Å². The predicted molar refractivity (Wildman–Crippen MR) is 59.4 cm³/mol. The third-order valence-electron chi connectivity index (χ3n) is 2.51. The summed E-state index contributed by atoms with van der Waals surface area (Å²) in [5.41, 5.74) is 0. The molecule has 86 valence electrons. The van der Waals surface area contributed by atoms with E-state index in [9.17, 15) is 0 Å². The molecule has 0 aromatic carbocycles. The average Bonchev–Trinajstić information content (AvgIpc) is 2.30. The van der Waals surface area contributed by atoms with Crippen molar-refractivity contribution in [3.63, 3.8) is 0 Å². The van der Waals surface area contributed by atoms with Gasteiger partial charge in [-0.3, -0.25) is 0 Å². The van der Waals surface area contributed by atoms with Crippen LogP contribution in [-0.4, -0.2) is 26.6 Å². The molecule has 0 aromatic rings. The van der Waals surface area contributed by atoms with Gasteiger partial charge in [0, 0.05) is 13.5 Å². The zero-order chi connectivity index (χ0) is 11.1. The zero-order valence-corrected chi connectivity index (χ0v) is 9.79. The van der Waals surface area contributed by atoms with Gasteiger partial charge in [0.1, 0.15) is 5.76 Å². The van der Waals surface area contributed by atoms with E-state index in [-0.39, 0.29) is 0 Å². The van der Waals surface area contributed by atoms with Crippen molar-refractivity contribution in [2.45, 2.75) is 32.0 Å². The number of allylic oxidation sites excluding steroid dienone is 1. The molecule has 1 unspecified atom stereocenters. The standard InChI is InChI=1S/C12H20O3/c1-4-5-10-15-12(14-3)8-6-11(13-2)7-9-12/h6-8H,4-5,9-10H2,1-3H3. The molecule has 0 amide bonds. The maximum absolute atomic E-state index is 5.74. The molecule has 0 aliphatic heterocycles. The van der Waals surface area contributed by atoms with Crippen LogP contribution in [0.4, 0.5) is 0 Å². The van der Waals surface area contributed by atoms with E-state index >= 15 is 0 Å². The van der Waals surface area contributed by atoms with Gasteiger partial charge in [0.25, 0.3) is 0 Å². The van der Waals surface area contributed by atoms with E-state index in [4.69, 9.17) is 14.2 Å². The molecular formula is C12H20O3. The van der Waals surface area contributed by atoms with Crippen molar-refractivity contribution in [3.05, 3.63) is 24.0 Å². The molecular weight excluding hydrogens is 192 g/mol. The minimum absolute atomic E-state index is 0.586. The number of hydrogen-bond donors (Lipinski definition) is 0. The van der Waals surface area contributed by atoms with Crippen LogP contribution in [0.3, 0.4) is 0 Å². The average molecular weight is 212 g/mol. The van der Waals surface area contributed by atoms with Crippen molar-refractivity contribution < 1.29 is 14.2 Å². The topological polar surface area (TPSA) is 27.7 Å². The molecule has 1 aliphatic rings. The molecule has 0 aromatic heterocycles. The molecule has 3 heteroatoms. The van der Waals surface area contributed by atoms with Gasteiger partial charge in [-0.2, -0.15) is 0 Å². The summed E-state index contributed by atoms with van der Waals surface area (Å²) in [6.07, 6.45) is 8.67. The maximum Gasteiger partial charge on any atom is 0.191 e. The molecule has 0 heterocycles. The van der Waals surface area contributed by atoms with E-state index in [1.54, 1.807) is 14.2 Å². The van der Waals surface area contributed by atoms with Crippen LogP contribution in [-0.2, 0) is 14.2 Å². The van der Waals surface area contributed by atoms with Crippen molar-refractivity contribution in [2.24, 2.45) is 0 Å². The fourth-order valence-corrected chi connectivity index (χ4v) is 1.45. The molecule has 1 atom stereocenters. The van der Waals surface area contributed by atoms with Crippen LogP contribution in [0, 0.1) is 0 Å². The van der Waals surface area contributed by atoms with Gasteiger partial charge in [0.2, 0.25) is 0 Å². The number of ether oxygens (including phenoxy) is 3. The summed E-state index contributed by atoms with van der Waals surface area (Å²) in [5.74, 6) is 0.277. The summed E-state index contributed by atoms with van der Waals surface area (Å²) in [7, 11) is 3.33. The molecule has 15 heavy (non-hydrogen) atoms. The van der Waals surface area contributed by atoms with Crippen molar-refractivity contribution >= 4 is 0 Å². The third kappa shape index (κ3) is 3.36. The Morgan fingerprint density at radius 2 is 2.20 bits per heavy atom. The molecule has 0 saturated heterocycles. The first-order chi connectivity index (χ1) is 7.26. The number of methoxy groups -OCH3 is 2. The number of rotatable bonds is 6. The molecule has 0 radical (unpaired) electrons. The van der Waals surface area contributed by atoms with Crippen LogP contribution in [0.15, 0.2) is 24.0 Å². The first-order valence-corrected chi connectivity index (χ1v) is 5.39. The quantitative estimate of drug-likeness (QED) is 0.500. The number of hydrogen-bond acceptors (Lipinski definition) is 3. The third-order valence-corrected chi connectivity index (χ3v) is 2.51. The van der Waals surface area contributed by atoms with Crippen LogP contribution < -0.4 is 0 Å². The Hall–Kier alpha value is -0.800. The van der Waals surface area contributed by atoms with Crippen LogP contribution >= 0.6 is 0 Å². The summed E-state index contributed by atoms with van der Waals surface area (Å²) in [6, 6.07) is 0. The van der Waals surface area contributed by atoms with Crippen molar-refractivity contribution in [2.75, 3.05) is 20.8 Å². The van der Waals surface area contributed by atoms with E-state index in [0.29, 0.717) is 6.42 Å². The number of unbranched alkanes of at least 4 members (excludes halogenated alkanes) is 1. The van der Waals surface area contributed by atoms with Crippen molar-refractivity contribution in [3.8, 4) is 0 Å². The second-order valence-corrected chi connectivity index (χ2v) is 3.57. The Labute approximate surface area is 91.7 Å². The molecule has 0 saturated carbocycles. The second kappa shape index (κ2) is 5.93.